The zero-order valence-electron chi connectivity index (χ0n) is 11.3. The van der Waals surface area contributed by atoms with Crippen LogP contribution in [-0.2, 0) is 13.0 Å². The molecule has 2 aromatic carbocycles. The zero-order valence-corrected chi connectivity index (χ0v) is 12.0. The van der Waals surface area contributed by atoms with Gasteiger partial charge in [-0.15, -0.1) is 0 Å². The molecule has 0 fully saturated rings. The van der Waals surface area contributed by atoms with Crippen molar-refractivity contribution in [3.8, 4) is 0 Å². The monoisotopic (exact) mass is 285 g/mol. The molecule has 0 aliphatic carbocycles. The number of hydrogen-bond acceptors (Lipinski definition) is 3. The molecule has 3 nitrogen and oxygen atoms in total. The van der Waals surface area contributed by atoms with Crippen molar-refractivity contribution in [2.75, 3.05) is 11.1 Å². The number of hydrogen-bond donors (Lipinski definition) is 2. The van der Waals surface area contributed by atoms with E-state index in [0.717, 1.165) is 34.2 Å². The topological polar surface area (TPSA) is 50.4 Å². The van der Waals surface area contributed by atoms with Gasteiger partial charge in [0.25, 0.3) is 0 Å². The summed E-state index contributed by atoms with van der Waals surface area (Å²) in [6, 6.07) is 11.9. The highest BCUT2D eigenvalue weighted by molar-refractivity contribution is 6.31. The average molecular weight is 286 g/mol. The van der Waals surface area contributed by atoms with E-state index < -0.39 is 0 Å². The van der Waals surface area contributed by atoms with Crippen LogP contribution >= 0.6 is 11.6 Å². The molecule has 0 bridgehead atoms. The zero-order chi connectivity index (χ0) is 14.1. The van der Waals surface area contributed by atoms with Crippen molar-refractivity contribution in [3.63, 3.8) is 0 Å². The van der Waals surface area contributed by atoms with Crippen molar-refractivity contribution in [3.05, 3.63) is 58.1 Å². The van der Waals surface area contributed by atoms with Gasteiger partial charge in [0.2, 0.25) is 0 Å². The number of amidine groups is 1. The predicted octanol–water partition coefficient (Wildman–Crippen LogP) is 3.80. The largest absolute Gasteiger partial charge is 0.399 e. The minimum absolute atomic E-state index is 0.699. The van der Waals surface area contributed by atoms with Gasteiger partial charge in [-0.25, -0.2) is 0 Å². The van der Waals surface area contributed by atoms with E-state index in [1.807, 2.05) is 37.3 Å². The van der Waals surface area contributed by atoms with Gasteiger partial charge in [0, 0.05) is 22.8 Å². The molecule has 3 rings (SSSR count). The highest BCUT2D eigenvalue weighted by Gasteiger charge is 2.12. The van der Waals surface area contributed by atoms with Gasteiger partial charge in [-0.2, -0.15) is 0 Å². The smallest absolute Gasteiger partial charge is 0.106 e. The Balaban J connectivity index is 1.79. The van der Waals surface area contributed by atoms with Crippen LogP contribution in [-0.4, -0.2) is 5.84 Å². The first kappa shape index (κ1) is 13.0. The molecule has 0 unspecified atom stereocenters. The maximum absolute atomic E-state index is 6.05. The molecule has 0 aromatic heterocycles. The molecular weight excluding hydrogens is 270 g/mol. The van der Waals surface area contributed by atoms with E-state index in [2.05, 4.69) is 16.4 Å². The summed E-state index contributed by atoms with van der Waals surface area (Å²) in [5, 5.41) is 4.15. The second-order valence-corrected chi connectivity index (χ2v) is 5.47. The van der Waals surface area contributed by atoms with E-state index in [1.54, 1.807) is 0 Å². The maximum Gasteiger partial charge on any atom is 0.106 e. The Morgan fingerprint density at radius 3 is 2.90 bits per heavy atom. The van der Waals surface area contributed by atoms with Crippen molar-refractivity contribution in [2.45, 2.75) is 19.9 Å². The maximum atomic E-state index is 6.05. The van der Waals surface area contributed by atoms with Crippen LogP contribution in [0.25, 0.3) is 0 Å². The first-order valence-electron chi connectivity index (χ1n) is 6.55. The number of aryl methyl sites for hydroxylation is 1. The van der Waals surface area contributed by atoms with Crippen molar-refractivity contribution < 1.29 is 0 Å². The molecule has 1 heterocycles. The number of fused-ring (bicyclic) bond motifs is 1. The summed E-state index contributed by atoms with van der Waals surface area (Å²) < 4.78 is 0. The fraction of sp³-hybridized carbons (Fsp3) is 0.188. The molecule has 0 saturated heterocycles. The number of rotatable bonds is 2. The van der Waals surface area contributed by atoms with Crippen LogP contribution < -0.4 is 11.1 Å². The van der Waals surface area contributed by atoms with Gasteiger partial charge < -0.3 is 11.1 Å². The summed E-state index contributed by atoms with van der Waals surface area (Å²) in [7, 11) is 0. The van der Waals surface area contributed by atoms with Crippen molar-refractivity contribution in [1.82, 2.24) is 0 Å². The third-order valence-electron chi connectivity index (χ3n) is 3.45. The molecule has 0 spiro atoms. The van der Waals surface area contributed by atoms with Gasteiger partial charge in [0.15, 0.2) is 0 Å². The minimum Gasteiger partial charge on any atom is -0.399 e. The van der Waals surface area contributed by atoms with Crippen LogP contribution in [0.1, 0.15) is 16.7 Å². The van der Waals surface area contributed by atoms with Gasteiger partial charge in [-0.3, -0.25) is 4.99 Å². The number of nitrogens with one attached hydrogen (secondary N) is 1. The number of anilines is 2. The van der Waals surface area contributed by atoms with Crippen LogP contribution in [0, 0.1) is 6.92 Å². The molecule has 0 atom stereocenters. The van der Waals surface area contributed by atoms with Crippen LogP contribution in [0.4, 0.5) is 11.4 Å². The Morgan fingerprint density at radius 2 is 2.10 bits per heavy atom. The van der Waals surface area contributed by atoms with Gasteiger partial charge >= 0.3 is 0 Å². The van der Waals surface area contributed by atoms with Crippen molar-refractivity contribution in [2.24, 2.45) is 4.99 Å². The Morgan fingerprint density at radius 1 is 1.25 bits per heavy atom. The average Bonchev–Trinajstić information content (AvgIpc) is 2.42. The molecule has 2 aromatic rings. The Kier molecular flexibility index (Phi) is 3.36. The van der Waals surface area contributed by atoms with E-state index in [-0.39, 0.29) is 0 Å². The fourth-order valence-electron chi connectivity index (χ4n) is 2.33. The van der Waals surface area contributed by atoms with Gasteiger partial charge in [0.1, 0.15) is 5.84 Å². The van der Waals surface area contributed by atoms with Gasteiger partial charge in [-0.1, -0.05) is 29.8 Å². The van der Waals surface area contributed by atoms with Crippen molar-refractivity contribution in [1.29, 1.82) is 0 Å². The lowest BCUT2D eigenvalue weighted by molar-refractivity contribution is 1.03. The van der Waals surface area contributed by atoms with Crippen LogP contribution in [0.3, 0.4) is 0 Å². The molecule has 1 aliphatic rings. The van der Waals surface area contributed by atoms with Crippen LogP contribution in [0.15, 0.2) is 41.4 Å². The van der Waals surface area contributed by atoms with E-state index in [0.29, 0.717) is 6.54 Å². The van der Waals surface area contributed by atoms with Gasteiger partial charge in [0.05, 0.1) is 6.54 Å². The fourth-order valence-corrected chi connectivity index (χ4v) is 2.45. The van der Waals surface area contributed by atoms with Crippen LogP contribution in [0.2, 0.25) is 5.02 Å². The van der Waals surface area contributed by atoms with Crippen molar-refractivity contribution >= 4 is 28.8 Å². The quantitative estimate of drug-likeness (QED) is 0.825. The number of halogens is 1. The summed E-state index contributed by atoms with van der Waals surface area (Å²) in [6.45, 7) is 2.71. The van der Waals surface area contributed by atoms with E-state index >= 15 is 0 Å². The molecule has 0 amide bonds. The lowest BCUT2D eigenvalue weighted by Gasteiger charge is -2.19. The molecule has 1 aliphatic heterocycles. The third-order valence-corrected chi connectivity index (χ3v) is 3.87. The predicted molar refractivity (Wildman–Crippen MR) is 85.5 cm³/mol. The first-order chi connectivity index (χ1) is 9.61. The summed E-state index contributed by atoms with van der Waals surface area (Å²) in [6.07, 6.45) is 0.770. The van der Waals surface area contributed by atoms with E-state index in [9.17, 15) is 0 Å². The third kappa shape index (κ3) is 2.63. The lowest BCUT2D eigenvalue weighted by Crippen LogP contribution is -2.20. The number of nitrogens with zero attached hydrogens (tertiary/aromatic N) is 1. The Hall–Kier alpha value is -2.00. The van der Waals surface area contributed by atoms with Crippen LogP contribution in [0.5, 0.6) is 0 Å². The molecular formula is C16H16ClN3. The minimum atomic E-state index is 0.699. The Labute approximate surface area is 123 Å². The molecule has 102 valence electrons. The first-order valence-corrected chi connectivity index (χ1v) is 6.93. The molecule has 3 N–H and O–H groups in total. The number of nitrogen functional groups attached to an aromatic ring is 1. The normalized spacial score (nSPS) is 13.4. The number of aliphatic imine (C=N–C) groups is 1. The number of nitrogens with two attached hydrogens (primary N) is 1. The van der Waals surface area contributed by atoms with E-state index in [1.165, 1.54) is 11.1 Å². The van der Waals surface area contributed by atoms with E-state index in [4.69, 9.17) is 17.3 Å². The summed E-state index contributed by atoms with van der Waals surface area (Å²) in [5.74, 6) is 0.963. The second-order valence-electron chi connectivity index (χ2n) is 5.06. The SMILES string of the molecule is Cc1cc(CC2=NCc3ccc(N)cc3N2)ccc1Cl. The summed E-state index contributed by atoms with van der Waals surface area (Å²) >= 11 is 6.05. The molecule has 0 radical (unpaired) electrons. The highest BCUT2D eigenvalue weighted by Crippen LogP contribution is 2.24. The van der Waals surface area contributed by atoms with Gasteiger partial charge in [-0.05, 0) is 41.8 Å². The number of benzene rings is 2. The summed E-state index contributed by atoms with van der Waals surface area (Å²) in [5.41, 5.74) is 11.1. The molecule has 0 saturated carbocycles. The summed E-state index contributed by atoms with van der Waals surface area (Å²) in [4.78, 5) is 4.58. The molecule has 20 heavy (non-hydrogen) atoms. The lowest BCUT2D eigenvalue weighted by atomic mass is 10.1. The Bertz CT molecular complexity index is 692. The molecule has 4 heteroatoms. The highest BCUT2D eigenvalue weighted by atomic mass is 35.5. The standard InChI is InChI=1S/C16H16ClN3/c1-10-6-11(2-5-14(10)17)7-16-19-9-12-3-4-13(18)8-15(12)20-16/h2-6,8H,7,9,18H2,1H3,(H,19,20). The second kappa shape index (κ2) is 5.17.